The smallest absolute Gasteiger partial charge is 0.269 e. The van der Waals surface area contributed by atoms with E-state index in [1.165, 1.54) is 16.9 Å². The number of nitrogens with zero attached hydrogens (tertiary/aromatic N) is 2. The standard InChI is InChI=1S/C16H14ClN3OS/c17-12-3-1-10(2-4-12)11-5-13(6-11)19-16(21)14-8-22-15-7-18-9-20(14)15/h1-4,7-9,11,13H,5-6H2,(H,19,21). The van der Waals surface area contributed by atoms with E-state index in [0.29, 0.717) is 11.6 Å². The van der Waals surface area contributed by atoms with E-state index >= 15 is 0 Å². The van der Waals surface area contributed by atoms with Crippen LogP contribution in [0.3, 0.4) is 0 Å². The Morgan fingerprint density at radius 2 is 2.09 bits per heavy atom. The lowest BCUT2D eigenvalue weighted by Crippen LogP contribution is -2.43. The van der Waals surface area contributed by atoms with E-state index in [9.17, 15) is 4.79 Å². The van der Waals surface area contributed by atoms with Crippen LogP contribution < -0.4 is 5.32 Å². The summed E-state index contributed by atoms with van der Waals surface area (Å²) in [5.41, 5.74) is 1.95. The van der Waals surface area contributed by atoms with Crippen LogP contribution >= 0.6 is 22.9 Å². The van der Waals surface area contributed by atoms with E-state index in [-0.39, 0.29) is 11.9 Å². The van der Waals surface area contributed by atoms with Crippen LogP contribution in [0.1, 0.15) is 34.8 Å². The second-order valence-corrected chi connectivity index (χ2v) is 6.94. The van der Waals surface area contributed by atoms with Crippen molar-refractivity contribution in [2.75, 3.05) is 0 Å². The van der Waals surface area contributed by atoms with Gasteiger partial charge in [0.25, 0.3) is 5.91 Å². The Hall–Kier alpha value is -1.85. The number of carbonyl (C=O) groups excluding carboxylic acids is 1. The number of hydrogen-bond donors (Lipinski definition) is 1. The van der Waals surface area contributed by atoms with Gasteiger partial charge in [0.05, 0.1) is 6.20 Å². The summed E-state index contributed by atoms with van der Waals surface area (Å²) in [6.07, 6.45) is 5.40. The molecule has 1 saturated carbocycles. The number of carbonyl (C=O) groups is 1. The Bertz CT molecular complexity index is 817. The summed E-state index contributed by atoms with van der Waals surface area (Å²) >= 11 is 7.43. The summed E-state index contributed by atoms with van der Waals surface area (Å²) in [5, 5.41) is 5.74. The Kier molecular flexibility index (Phi) is 3.39. The largest absolute Gasteiger partial charge is 0.348 e. The molecule has 22 heavy (non-hydrogen) atoms. The molecule has 0 spiro atoms. The van der Waals surface area contributed by atoms with Gasteiger partial charge in [-0.1, -0.05) is 23.7 Å². The fourth-order valence-corrected chi connectivity index (χ4v) is 3.85. The topological polar surface area (TPSA) is 46.4 Å². The molecule has 3 aromatic rings. The van der Waals surface area contributed by atoms with Crippen LogP contribution in [0.5, 0.6) is 0 Å². The van der Waals surface area contributed by atoms with Gasteiger partial charge in [-0.05, 0) is 36.5 Å². The second-order valence-electron chi connectivity index (χ2n) is 5.61. The van der Waals surface area contributed by atoms with Crippen molar-refractivity contribution in [3.63, 3.8) is 0 Å². The molecule has 1 fully saturated rings. The molecule has 1 aromatic carbocycles. The van der Waals surface area contributed by atoms with E-state index in [1.807, 2.05) is 21.9 Å². The van der Waals surface area contributed by atoms with Crippen molar-refractivity contribution in [2.24, 2.45) is 0 Å². The number of imidazole rings is 1. The molecule has 0 aliphatic heterocycles. The zero-order chi connectivity index (χ0) is 15.1. The molecule has 1 amide bonds. The number of hydrogen-bond acceptors (Lipinski definition) is 3. The minimum atomic E-state index is -0.0243. The summed E-state index contributed by atoms with van der Waals surface area (Å²) in [5.74, 6) is 0.488. The zero-order valence-corrected chi connectivity index (χ0v) is 13.3. The molecule has 2 aromatic heterocycles. The molecule has 1 aliphatic rings. The molecule has 1 aliphatic carbocycles. The average molecular weight is 332 g/mol. The van der Waals surface area contributed by atoms with E-state index in [4.69, 9.17) is 11.6 Å². The summed E-state index contributed by atoms with van der Waals surface area (Å²) in [6.45, 7) is 0. The van der Waals surface area contributed by atoms with Gasteiger partial charge in [-0.2, -0.15) is 0 Å². The van der Waals surface area contributed by atoms with Crippen molar-refractivity contribution >= 4 is 33.7 Å². The highest BCUT2D eigenvalue weighted by Gasteiger charge is 2.32. The summed E-state index contributed by atoms with van der Waals surface area (Å²) in [7, 11) is 0. The van der Waals surface area contributed by atoms with Crippen molar-refractivity contribution in [2.45, 2.75) is 24.8 Å². The SMILES string of the molecule is O=C(NC1CC(c2ccc(Cl)cc2)C1)c1csc2cncn12. The van der Waals surface area contributed by atoms with Crippen molar-refractivity contribution in [1.82, 2.24) is 14.7 Å². The van der Waals surface area contributed by atoms with Crippen molar-refractivity contribution in [1.29, 1.82) is 0 Å². The normalized spacial score (nSPS) is 20.8. The number of amides is 1. The first kappa shape index (κ1) is 13.8. The van der Waals surface area contributed by atoms with Gasteiger partial charge >= 0.3 is 0 Å². The molecule has 2 heterocycles. The third-order valence-electron chi connectivity index (χ3n) is 4.20. The van der Waals surface area contributed by atoms with Crippen LogP contribution in [0.2, 0.25) is 5.02 Å². The lowest BCUT2D eigenvalue weighted by atomic mass is 9.76. The first-order valence-electron chi connectivity index (χ1n) is 7.16. The van der Waals surface area contributed by atoms with Crippen LogP contribution in [0.4, 0.5) is 0 Å². The van der Waals surface area contributed by atoms with E-state index in [2.05, 4.69) is 22.4 Å². The molecule has 0 radical (unpaired) electrons. The number of rotatable bonds is 3. The van der Waals surface area contributed by atoms with Crippen LogP contribution in [-0.2, 0) is 0 Å². The Morgan fingerprint density at radius 1 is 1.32 bits per heavy atom. The Morgan fingerprint density at radius 3 is 2.86 bits per heavy atom. The van der Waals surface area contributed by atoms with E-state index in [1.54, 1.807) is 12.5 Å². The maximum absolute atomic E-state index is 12.3. The average Bonchev–Trinajstić information content (AvgIpc) is 3.06. The van der Waals surface area contributed by atoms with Gasteiger partial charge in [0.1, 0.15) is 16.9 Å². The second kappa shape index (κ2) is 5.41. The molecule has 0 saturated heterocycles. The molecule has 4 nitrogen and oxygen atoms in total. The highest BCUT2D eigenvalue weighted by Crippen LogP contribution is 2.37. The fraction of sp³-hybridized carbons (Fsp3) is 0.250. The number of halogens is 1. The van der Waals surface area contributed by atoms with Gasteiger partial charge in [-0.15, -0.1) is 11.3 Å². The molecule has 112 valence electrons. The molecular formula is C16H14ClN3OS. The van der Waals surface area contributed by atoms with Gasteiger partial charge < -0.3 is 5.32 Å². The van der Waals surface area contributed by atoms with Crippen LogP contribution in [0.25, 0.3) is 4.83 Å². The van der Waals surface area contributed by atoms with Crippen LogP contribution in [0.15, 0.2) is 42.2 Å². The number of benzene rings is 1. The minimum Gasteiger partial charge on any atom is -0.348 e. The third-order valence-corrected chi connectivity index (χ3v) is 5.34. The predicted molar refractivity (Wildman–Crippen MR) is 87.8 cm³/mol. The van der Waals surface area contributed by atoms with Crippen LogP contribution in [-0.4, -0.2) is 21.3 Å². The highest BCUT2D eigenvalue weighted by molar-refractivity contribution is 7.15. The monoisotopic (exact) mass is 331 g/mol. The molecule has 4 rings (SSSR count). The molecular weight excluding hydrogens is 318 g/mol. The first-order valence-corrected chi connectivity index (χ1v) is 8.42. The number of thiazole rings is 1. The van der Waals surface area contributed by atoms with Gasteiger partial charge in [-0.3, -0.25) is 9.20 Å². The van der Waals surface area contributed by atoms with E-state index in [0.717, 1.165) is 22.7 Å². The lowest BCUT2D eigenvalue weighted by Gasteiger charge is -2.36. The third kappa shape index (κ3) is 2.40. The van der Waals surface area contributed by atoms with Gasteiger partial charge in [-0.25, -0.2) is 4.98 Å². The van der Waals surface area contributed by atoms with Crippen molar-refractivity contribution in [3.8, 4) is 0 Å². The lowest BCUT2D eigenvalue weighted by molar-refractivity contribution is 0.0903. The van der Waals surface area contributed by atoms with Gasteiger partial charge in [0, 0.05) is 16.4 Å². The quantitative estimate of drug-likeness (QED) is 0.795. The van der Waals surface area contributed by atoms with E-state index < -0.39 is 0 Å². The molecule has 0 bridgehead atoms. The summed E-state index contributed by atoms with van der Waals surface area (Å²) in [4.78, 5) is 17.4. The summed E-state index contributed by atoms with van der Waals surface area (Å²) < 4.78 is 1.83. The number of aromatic nitrogens is 2. The maximum Gasteiger partial charge on any atom is 0.269 e. The Balaban J connectivity index is 1.39. The van der Waals surface area contributed by atoms with Crippen LogP contribution in [0, 0.1) is 0 Å². The van der Waals surface area contributed by atoms with Gasteiger partial charge in [0.2, 0.25) is 0 Å². The molecule has 1 N–H and O–H groups in total. The maximum atomic E-state index is 12.3. The number of nitrogens with one attached hydrogen (secondary N) is 1. The molecule has 0 unspecified atom stereocenters. The Labute approximate surface area is 136 Å². The van der Waals surface area contributed by atoms with Crippen molar-refractivity contribution < 1.29 is 4.79 Å². The summed E-state index contributed by atoms with van der Waals surface area (Å²) in [6, 6.07) is 8.22. The first-order chi connectivity index (χ1) is 10.7. The fourth-order valence-electron chi connectivity index (χ4n) is 2.89. The minimum absolute atomic E-state index is 0.0243. The zero-order valence-electron chi connectivity index (χ0n) is 11.7. The molecule has 0 atom stereocenters. The predicted octanol–water partition coefficient (Wildman–Crippen LogP) is 3.73. The molecule has 6 heteroatoms. The number of fused-ring (bicyclic) bond motifs is 1. The highest BCUT2D eigenvalue weighted by atomic mass is 35.5. The van der Waals surface area contributed by atoms with Gasteiger partial charge in [0.15, 0.2) is 0 Å². The van der Waals surface area contributed by atoms with Crippen molar-refractivity contribution in [3.05, 3.63) is 58.4 Å².